The Morgan fingerprint density at radius 3 is 2.28 bits per heavy atom. The van der Waals surface area contributed by atoms with E-state index in [1.54, 1.807) is 12.1 Å². The molecule has 0 bridgehead atoms. The molecule has 0 fully saturated rings. The minimum atomic E-state index is -4.42. The highest BCUT2D eigenvalue weighted by atomic mass is 32.2. The molecule has 0 unspecified atom stereocenters. The molecule has 0 aliphatic rings. The lowest BCUT2D eigenvalue weighted by Gasteiger charge is -2.20. The summed E-state index contributed by atoms with van der Waals surface area (Å²) in [4.78, 5) is 14.7. The SMILES string of the molecule is CCSc1cc(CF)ccc1C(=O)N(C)c1ccc(C(F)(F)F)cc1. The van der Waals surface area contributed by atoms with Crippen molar-refractivity contribution in [2.45, 2.75) is 24.7 Å². The Balaban J connectivity index is 2.30. The van der Waals surface area contributed by atoms with Crippen molar-refractivity contribution >= 4 is 23.4 Å². The molecular formula is C18H17F4NOS. The van der Waals surface area contributed by atoms with Crippen LogP contribution in [0, 0.1) is 0 Å². The number of rotatable bonds is 5. The number of carbonyl (C=O) groups excluding carboxylic acids is 1. The normalized spacial score (nSPS) is 11.4. The maximum atomic E-state index is 12.8. The fourth-order valence-corrected chi connectivity index (χ4v) is 3.13. The summed E-state index contributed by atoms with van der Waals surface area (Å²) in [6.07, 6.45) is -4.42. The summed E-state index contributed by atoms with van der Waals surface area (Å²) >= 11 is 1.42. The van der Waals surface area contributed by atoms with E-state index < -0.39 is 18.4 Å². The summed E-state index contributed by atoms with van der Waals surface area (Å²) in [5, 5.41) is 0. The number of anilines is 1. The Labute approximate surface area is 147 Å². The molecule has 134 valence electrons. The zero-order chi connectivity index (χ0) is 18.6. The fourth-order valence-electron chi connectivity index (χ4n) is 2.27. The third-order valence-electron chi connectivity index (χ3n) is 3.62. The van der Waals surface area contributed by atoms with E-state index in [1.807, 2.05) is 6.92 Å². The molecule has 1 amide bonds. The van der Waals surface area contributed by atoms with Gasteiger partial charge in [-0.15, -0.1) is 11.8 Å². The van der Waals surface area contributed by atoms with Crippen molar-refractivity contribution in [3.8, 4) is 0 Å². The van der Waals surface area contributed by atoms with Crippen LogP contribution in [0.15, 0.2) is 47.4 Å². The number of amides is 1. The second kappa shape index (κ2) is 7.91. The van der Waals surface area contributed by atoms with Crippen LogP contribution in [0.25, 0.3) is 0 Å². The van der Waals surface area contributed by atoms with Gasteiger partial charge in [-0.1, -0.05) is 13.0 Å². The van der Waals surface area contributed by atoms with E-state index in [9.17, 15) is 22.4 Å². The highest BCUT2D eigenvalue weighted by Crippen LogP contribution is 2.31. The van der Waals surface area contributed by atoms with Crippen molar-refractivity contribution in [3.05, 3.63) is 59.2 Å². The van der Waals surface area contributed by atoms with Crippen molar-refractivity contribution in [2.24, 2.45) is 0 Å². The van der Waals surface area contributed by atoms with E-state index in [0.29, 0.717) is 27.5 Å². The maximum absolute atomic E-state index is 12.8. The summed E-state index contributed by atoms with van der Waals surface area (Å²) in [6, 6.07) is 9.10. The number of hydrogen-bond donors (Lipinski definition) is 0. The Morgan fingerprint density at radius 1 is 1.12 bits per heavy atom. The van der Waals surface area contributed by atoms with Crippen LogP contribution < -0.4 is 4.90 Å². The first-order chi connectivity index (χ1) is 11.8. The standard InChI is InChI=1S/C18H17F4NOS/c1-3-25-16-10-12(11-19)4-9-15(16)17(24)23(2)14-7-5-13(6-8-14)18(20,21)22/h4-10H,3,11H2,1-2H3. The molecule has 0 saturated heterocycles. The third kappa shape index (κ3) is 4.54. The van der Waals surface area contributed by atoms with E-state index in [-0.39, 0.29) is 5.91 Å². The second-order valence-corrected chi connectivity index (χ2v) is 6.61. The van der Waals surface area contributed by atoms with E-state index in [4.69, 9.17) is 0 Å². The highest BCUT2D eigenvalue weighted by Gasteiger charge is 2.30. The zero-order valence-electron chi connectivity index (χ0n) is 13.7. The van der Waals surface area contributed by atoms with Gasteiger partial charge in [0, 0.05) is 17.6 Å². The average Bonchev–Trinajstić information content (AvgIpc) is 2.60. The molecule has 7 heteroatoms. The van der Waals surface area contributed by atoms with Gasteiger partial charge in [0.2, 0.25) is 0 Å². The van der Waals surface area contributed by atoms with E-state index in [0.717, 1.165) is 12.1 Å². The molecular weight excluding hydrogens is 354 g/mol. The predicted octanol–water partition coefficient (Wildman–Crippen LogP) is 5.56. The van der Waals surface area contributed by atoms with Gasteiger partial charge in [0.05, 0.1) is 11.1 Å². The van der Waals surface area contributed by atoms with Crippen molar-refractivity contribution in [1.82, 2.24) is 0 Å². The molecule has 0 N–H and O–H groups in total. The predicted molar refractivity (Wildman–Crippen MR) is 91.8 cm³/mol. The molecule has 0 spiro atoms. The minimum Gasteiger partial charge on any atom is -0.311 e. The van der Waals surface area contributed by atoms with Gasteiger partial charge in [0.1, 0.15) is 6.67 Å². The number of carbonyl (C=O) groups is 1. The van der Waals surface area contributed by atoms with Gasteiger partial charge in [-0.25, -0.2) is 4.39 Å². The topological polar surface area (TPSA) is 20.3 Å². The molecule has 2 aromatic rings. The van der Waals surface area contributed by atoms with Crippen LogP contribution in [-0.2, 0) is 12.9 Å². The first-order valence-corrected chi connectivity index (χ1v) is 8.53. The summed E-state index contributed by atoms with van der Waals surface area (Å²) in [5.41, 5.74) is 0.447. The molecule has 0 radical (unpaired) electrons. The molecule has 2 nitrogen and oxygen atoms in total. The number of alkyl halides is 4. The van der Waals surface area contributed by atoms with Crippen LogP contribution in [0.5, 0.6) is 0 Å². The summed E-state index contributed by atoms with van der Waals surface area (Å²) in [5.74, 6) is 0.348. The molecule has 0 aliphatic heterocycles. The van der Waals surface area contributed by atoms with Crippen LogP contribution in [-0.4, -0.2) is 18.7 Å². The van der Waals surface area contributed by atoms with Crippen LogP contribution in [0.2, 0.25) is 0 Å². The Morgan fingerprint density at radius 2 is 1.76 bits per heavy atom. The summed E-state index contributed by atoms with van der Waals surface area (Å²) in [7, 11) is 1.49. The quantitative estimate of drug-likeness (QED) is 0.506. The average molecular weight is 371 g/mol. The van der Waals surface area contributed by atoms with Crippen LogP contribution in [0.4, 0.5) is 23.2 Å². The molecule has 0 aromatic heterocycles. The van der Waals surface area contributed by atoms with Crippen LogP contribution in [0.1, 0.15) is 28.4 Å². The van der Waals surface area contributed by atoms with Gasteiger partial charge in [0.15, 0.2) is 0 Å². The van der Waals surface area contributed by atoms with Crippen molar-refractivity contribution in [3.63, 3.8) is 0 Å². The first-order valence-electron chi connectivity index (χ1n) is 7.55. The van der Waals surface area contributed by atoms with Gasteiger partial charge in [-0.2, -0.15) is 13.2 Å². The summed E-state index contributed by atoms with van der Waals surface area (Å²) < 4.78 is 50.8. The third-order valence-corrected chi connectivity index (χ3v) is 4.55. The van der Waals surface area contributed by atoms with E-state index in [2.05, 4.69) is 0 Å². The molecule has 0 heterocycles. The smallest absolute Gasteiger partial charge is 0.311 e. The molecule has 0 aliphatic carbocycles. The van der Waals surface area contributed by atoms with Crippen molar-refractivity contribution in [1.29, 1.82) is 0 Å². The van der Waals surface area contributed by atoms with Gasteiger partial charge in [-0.05, 0) is 47.7 Å². The molecule has 2 aromatic carbocycles. The summed E-state index contributed by atoms with van der Waals surface area (Å²) in [6.45, 7) is 1.29. The number of nitrogens with zero attached hydrogens (tertiary/aromatic N) is 1. The number of hydrogen-bond acceptors (Lipinski definition) is 2. The van der Waals surface area contributed by atoms with Crippen LogP contribution >= 0.6 is 11.8 Å². The van der Waals surface area contributed by atoms with Gasteiger partial charge in [0.25, 0.3) is 5.91 Å². The lowest BCUT2D eigenvalue weighted by atomic mass is 10.1. The Kier molecular flexibility index (Phi) is 6.11. The Hall–Kier alpha value is -2.02. The minimum absolute atomic E-state index is 0.347. The number of thioether (sulfide) groups is 1. The monoisotopic (exact) mass is 371 g/mol. The Bertz CT molecular complexity index is 744. The van der Waals surface area contributed by atoms with Crippen molar-refractivity contribution in [2.75, 3.05) is 17.7 Å². The van der Waals surface area contributed by atoms with Crippen molar-refractivity contribution < 1.29 is 22.4 Å². The van der Waals surface area contributed by atoms with Gasteiger partial charge < -0.3 is 4.90 Å². The second-order valence-electron chi connectivity index (χ2n) is 5.31. The molecule has 25 heavy (non-hydrogen) atoms. The highest BCUT2D eigenvalue weighted by molar-refractivity contribution is 7.99. The number of benzene rings is 2. The van der Waals surface area contributed by atoms with E-state index in [1.165, 1.54) is 41.9 Å². The number of halogens is 4. The van der Waals surface area contributed by atoms with Gasteiger partial charge >= 0.3 is 6.18 Å². The van der Waals surface area contributed by atoms with Crippen LogP contribution in [0.3, 0.4) is 0 Å². The lowest BCUT2D eigenvalue weighted by molar-refractivity contribution is -0.137. The zero-order valence-corrected chi connectivity index (χ0v) is 14.5. The van der Waals surface area contributed by atoms with E-state index >= 15 is 0 Å². The molecule has 0 atom stereocenters. The molecule has 2 rings (SSSR count). The molecule has 0 saturated carbocycles. The van der Waals surface area contributed by atoms with Gasteiger partial charge in [-0.3, -0.25) is 4.79 Å². The fraction of sp³-hybridized carbons (Fsp3) is 0.278. The lowest BCUT2D eigenvalue weighted by Crippen LogP contribution is -2.27. The largest absolute Gasteiger partial charge is 0.416 e. The maximum Gasteiger partial charge on any atom is 0.416 e. The first kappa shape index (κ1) is 19.3.